The van der Waals surface area contributed by atoms with Crippen LogP contribution in [0.5, 0.6) is 0 Å². The minimum Gasteiger partial charge on any atom is -0.366 e. The maximum atomic E-state index is 12.4. The molecule has 1 aliphatic carbocycles. The van der Waals surface area contributed by atoms with Crippen molar-refractivity contribution in [3.8, 4) is 0 Å². The maximum absolute atomic E-state index is 12.4. The van der Waals surface area contributed by atoms with Crippen LogP contribution in [0.3, 0.4) is 0 Å². The molecule has 1 aliphatic heterocycles. The predicted octanol–water partition coefficient (Wildman–Crippen LogP) is 0.0607. The summed E-state index contributed by atoms with van der Waals surface area (Å²) in [5.41, 5.74) is 12.8. The second kappa shape index (κ2) is 6.60. The van der Waals surface area contributed by atoms with Crippen LogP contribution in [0.4, 0.5) is 5.69 Å². The molecule has 7 nitrogen and oxygen atoms in total. The van der Waals surface area contributed by atoms with Gasteiger partial charge < -0.3 is 21.7 Å². The number of fused-ring (bicyclic) bond motifs is 1. The third-order valence-corrected chi connectivity index (χ3v) is 4.85. The van der Waals surface area contributed by atoms with Gasteiger partial charge in [0.05, 0.1) is 13.0 Å². The number of anilines is 1. The fourth-order valence-electron chi connectivity index (χ4n) is 3.66. The molecular weight excluding hydrogens is 308 g/mol. The first-order valence-corrected chi connectivity index (χ1v) is 8.24. The summed E-state index contributed by atoms with van der Waals surface area (Å²) in [4.78, 5) is 37.0. The number of rotatable bonds is 4. The molecule has 128 valence electrons. The van der Waals surface area contributed by atoms with Crippen LogP contribution >= 0.6 is 0 Å². The zero-order valence-electron chi connectivity index (χ0n) is 13.5. The number of amides is 3. The van der Waals surface area contributed by atoms with Crippen LogP contribution in [0.2, 0.25) is 0 Å². The number of nitrogens with one attached hydrogen (secondary N) is 1. The van der Waals surface area contributed by atoms with Crippen molar-refractivity contribution in [2.24, 2.45) is 11.5 Å². The number of carbonyl (C=O) groups excluding carboxylic acids is 3. The fraction of sp³-hybridized carbons (Fsp3) is 0.471. The Morgan fingerprint density at radius 1 is 1.21 bits per heavy atom. The highest BCUT2D eigenvalue weighted by atomic mass is 16.2. The number of nitrogens with two attached hydrogens (primary N) is 2. The minimum absolute atomic E-state index is 0.000110. The van der Waals surface area contributed by atoms with E-state index in [1.165, 1.54) is 0 Å². The summed E-state index contributed by atoms with van der Waals surface area (Å²) in [6.45, 7) is 0.000110. The number of hydrogen-bond acceptors (Lipinski definition) is 4. The van der Waals surface area contributed by atoms with E-state index in [-0.39, 0.29) is 30.4 Å². The normalized spacial score (nSPS) is 23.0. The Bertz CT molecular complexity index is 680. The van der Waals surface area contributed by atoms with Crippen molar-refractivity contribution >= 4 is 23.4 Å². The molecule has 0 unspecified atom stereocenters. The van der Waals surface area contributed by atoms with Crippen molar-refractivity contribution in [3.05, 3.63) is 29.3 Å². The molecule has 1 aromatic carbocycles. The Labute approximate surface area is 140 Å². The second-order valence-corrected chi connectivity index (χ2v) is 6.43. The van der Waals surface area contributed by atoms with Gasteiger partial charge in [-0.25, -0.2) is 0 Å². The molecule has 0 radical (unpaired) electrons. The van der Waals surface area contributed by atoms with Gasteiger partial charge in [0.1, 0.15) is 0 Å². The molecule has 1 saturated carbocycles. The van der Waals surface area contributed by atoms with Crippen molar-refractivity contribution < 1.29 is 14.4 Å². The summed E-state index contributed by atoms with van der Waals surface area (Å²) < 4.78 is 0. The maximum Gasteiger partial charge on any atom is 0.248 e. The molecule has 1 heterocycles. The SMILES string of the molecule is NCC(=O)NC1CCC(N2C(=O)Cc3cc(C(N)=O)ccc32)CC1. The quantitative estimate of drug-likeness (QED) is 0.723. The number of nitrogens with zero attached hydrogens (tertiary/aromatic N) is 1. The predicted molar refractivity (Wildman–Crippen MR) is 89.4 cm³/mol. The van der Waals surface area contributed by atoms with E-state index in [1.54, 1.807) is 12.1 Å². The summed E-state index contributed by atoms with van der Waals surface area (Å²) in [6, 6.07) is 5.45. The third kappa shape index (κ3) is 3.12. The highest BCUT2D eigenvalue weighted by Crippen LogP contribution is 2.35. The topological polar surface area (TPSA) is 119 Å². The summed E-state index contributed by atoms with van der Waals surface area (Å²) in [7, 11) is 0. The van der Waals surface area contributed by atoms with Crippen LogP contribution in [-0.4, -0.2) is 36.3 Å². The standard InChI is InChI=1S/C17H22N4O3/c18-9-15(22)20-12-2-4-13(5-3-12)21-14-6-1-10(17(19)24)7-11(14)8-16(21)23/h1,6-7,12-13H,2-5,8-9,18H2,(H2,19,24)(H,20,22). The van der Waals surface area contributed by atoms with Gasteiger partial charge in [0.2, 0.25) is 17.7 Å². The first-order chi connectivity index (χ1) is 11.5. The molecule has 5 N–H and O–H groups in total. The first kappa shape index (κ1) is 16.4. The molecule has 0 spiro atoms. The number of primary amides is 1. The van der Waals surface area contributed by atoms with Gasteiger partial charge in [0.15, 0.2) is 0 Å². The molecule has 2 aliphatic rings. The van der Waals surface area contributed by atoms with E-state index >= 15 is 0 Å². The van der Waals surface area contributed by atoms with E-state index in [0.717, 1.165) is 36.9 Å². The van der Waals surface area contributed by atoms with Crippen LogP contribution in [0.1, 0.15) is 41.6 Å². The molecule has 0 saturated heterocycles. The Hall–Kier alpha value is -2.41. The van der Waals surface area contributed by atoms with E-state index < -0.39 is 5.91 Å². The van der Waals surface area contributed by atoms with Crippen molar-refractivity contribution in [2.75, 3.05) is 11.4 Å². The highest BCUT2D eigenvalue weighted by Gasteiger charge is 2.35. The van der Waals surface area contributed by atoms with Gasteiger partial charge in [-0.05, 0) is 49.4 Å². The smallest absolute Gasteiger partial charge is 0.248 e. The minimum atomic E-state index is -0.486. The Kier molecular flexibility index (Phi) is 4.53. The van der Waals surface area contributed by atoms with E-state index in [4.69, 9.17) is 11.5 Å². The number of hydrogen-bond donors (Lipinski definition) is 3. The Balaban J connectivity index is 1.70. The van der Waals surface area contributed by atoms with Gasteiger partial charge in [0.25, 0.3) is 0 Å². The van der Waals surface area contributed by atoms with Crippen LogP contribution in [-0.2, 0) is 16.0 Å². The van der Waals surface area contributed by atoms with Crippen LogP contribution < -0.4 is 21.7 Å². The van der Waals surface area contributed by atoms with Gasteiger partial charge in [0, 0.05) is 23.3 Å². The van der Waals surface area contributed by atoms with Gasteiger partial charge >= 0.3 is 0 Å². The lowest BCUT2D eigenvalue weighted by Crippen LogP contribution is -2.46. The number of benzene rings is 1. The van der Waals surface area contributed by atoms with Gasteiger partial charge in [-0.1, -0.05) is 0 Å². The van der Waals surface area contributed by atoms with Crippen LogP contribution in [0.15, 0.2) is 18.2 Å². The zero-order valence-corrected chi connectivity index (χ0v) is 13.5. The van der Waals surface area contributed by atoms with E-state index in [2.05, 4.69) is 5.32 Å². The van der Waals surface area contributed by atoms with Gasteiger partial charge in [-0.15, -0.1) is 0 Å². The molecule has 0 bridgehead atoms. The lowest BCUT2D eigenvalue weighted by molar-refractivity contribution is -0.121. The summed E-state index contributed by atoms with van der Waals surface area (Å²) in [5, 5.41) is 2.91. The van der Waals surface area contributed by atoms with Crippen molar-refractivity contribution in [1.82, 2.24) is 5.32 Å². The van der Waals surface area contributed by atoms with Gasteiger partial charge in [-0.3, -0.25) is 14.4 Å². The van der Waals surface area contributed by atoms with Crippen LogP contribution in [0, 0.1) is 0 Å². The summed E-state index contributed by atoms with van der Waals surface area (Å²) in [5.74, 6) is -0.569. The van der Waals surface area contributed by atoms with Crippen LogP contribution in [0.25, 0.3) is 0 Å². The van der Waals surface area contributed by atoms with Gasteiger partial charge in [-0.2, -0.15) is 0 Å². The molecule has 7 heteroatoms. The van der Waals surface area contributed by atoms with Crippen molar-refractivity contribution in [3.63, 3.8) is 0 Å². The number of carbonyl (C=O) groups is 3. The lowest BCUT2D eigenvalue weighted by Gasteiger charge is -2.35. The van der Waals surface area contributed by atoms with E-state index in [9.17, 15) is 14.4 Å². The summed E-state index contributed by atoms with van der Waals surface area (Å²) in [6.07, 6.45) is 3.63. The monoisotopic (exact) mass is 330 g/mol. The molecule has 24 heavy (non-hydrogen) atoms. The average molecular weight is 330 g/mol. The van der Waals surface area contributed by atoms with E-state index in [1.807, 2.05) is 11.0 Å². The largest absolute Gasteiger partial charge is 0.366 e. The molecule has 1 aromatic rings. The Morgan fingerprint density at radius 3 is 2.54 bits per heavy atom. The Morgan fingerprint density at radius 2 is 1.92 bits per heavy atom. The summed E-state index contributed by atoms with van der Waals surface area (Å²) >= 11 is 0. The molecule has 0 aromatic heterocycles. The molecular formula is C17H22N4O3. The fourth-order valence-corrected chi connectivity index (χ4v) is 3.66. The zero-order chi connectivity index (χ0) is 17.3. The molecule has 3 amide bonds. The lowest BCUT2D eigenvalue weighted by atomic mass is 9.90. The second-order valence-electron chi connectivity index (χ2n) is 6.43. The van der Waals surface area contributed by atoms with Crippen molar-refractivity contribution in [2.45, 2.75) is 44.2 Å². The highest BCUT2D eigenvalue weighted by molar-refractivity contribution is 6.03. The van der Waals surface area contributed by atoms with E-state index in [0.29, 0.717) is 12.0 Å². The molecule has 1 fully saturated rings. The first-order valence-electron chi connectivity index (χ1n) is 8.24. The molecule has 3 rings (SSSR count). The third-order valence-electron chi connectivity index (χ3n) is 4.85. The van der Waals surface area contributed by atoms with Crippen molar-refractivity contribution in [1.29, 1.82) is 0 Å². The molecule has 0 atom stereocenters. The average Bonchev–Trinajstić information content (AvgIpc) is 2.90.